The molecule has 0 spiro atoms. The fraction of sp³-hybridized carbons (Fsp3) is 0.292. The number of hydrogen-bond acceptors (Lipinski definition) is 8. The van der Waals surface area contributed by atoms with Crippen molar-refractivity contribution in [1.82, 2.24) is 24.5 Å². The van der Waals surface area contributed by atoms with Gasteiger partial charge in [0.25, 0.3) is 0 Å². The van der Waals surface area contributed by atoms with Gasteiger partial charge in [-0.25, -0.2) is 4.98 Å². The van der Waals surface area contributed by atoms with Crippen molar-refractivity contribution in [2.24, 2.45) is 5.10 Å². The summed E-state index contributed by atoms with van der Waals surface area (Å²) in [5, 5.41) is 4.45. The molecule has 9 nitrogen and oxygen atoms in total. The molecule has 4 heterocycles. The molecule has 1 saturated heterocycles. The van der Waals surface area contributed by atoms with Crippen LogP contribution in [0.4, 0.5) is 11.8 Å². The van der Waals surface area contributed by atoms with Crippen molar-refractivity contribution in [3.8, 4) is 5.69 Å². The number of hydrogen-bond donors (Lipinski definition) is 1. The SMILES string of the molecule is Cc1cccc(/C=N/Nc2nc(N3CCOCC3)nc3c2nc(C)n3-c2cccnc2C)c1. The highest BCUT2D eigenvalue weighted by Gasteiger charge is 2.22. The van der Waals surface area contributed by atoms with Crippen LogP contribution in [-0.4, -0.2) is 57.0 Å². The number of aryl methyl sites for hydroxylation is 3. The lowest BCUT2D eigenvalue weighted by Gasteiger charge is -2.27. The molecule has 4 aromatic rings. The molecule has 1 aromatic carbocycles. The number of rotatable bonds is 5. The normalized spacial score (nSPS) is 14.3. The number of benzene rings is 1. The fourth-order valence-corrected chi connectivity index (χ4v) is 3.96. The Bertz CT molecular complexity index is 1320. The van der Waals surface area contributed by atoms with Gasteiger partial charge in [0, 0.05) is 19.3 Å². The van der Waals surface area contributed by atoms with Crippen LogP contribution in [0.3, 0.4) is 0 Å². The molecule has 1 fully saturated rings. The Morgan fingerprint density at radius 1 is 1.03 bits per heavy atom. The van der Waals surface area contributed by atoms with Crippen molar-refractivity contribution in [3.63, 3.8) is 0 Å². The van der Waals surface area contributed by atoms with E-state index in [1.54, 1.807) is 12.4 Å². The minimum absolute atomic E-state index is 0.564. The molecule has 1 aliphatic heterocycles. The first-order valence-electron chi connectivity index (χ1n) is 11.0. The van der Waals surface area contributed by atoms with Crippen LogP contribution < -0.4 is 10.3 Å². The minimum Gasteiger partial charge on any atom is -0.378 e. The van der Waals surface area contributed by atoms with Crippen LogP contribution in [-0.2, 0) is 4.74 Å². The molecule has 1 aliphatic rings. The molecule has 3 aromatic heterocycles. The maximum absolute atomic E-state index is 5.51. The second-order valence-electron chi connectivity index (χ2n) is 8.03. The average molecular weight is 443 g/mol. The molecule has 0 radical (unpaired) electrons. The van der Waals surface area contributed by atoms with Crippen molar-refractivity contribution < 1.29 is 4.74 Å². The summed E-state index contributed by atoms with van der Waals surface area (Å²) in [6.45, 7) is 8.76. The van der Waals surface area contributed by atoms with Crippen LogP contribution >= 0.6 is 0 Å². The molecule has 0 unspecified atom stereocenters. The van der Waals surface area contributed by atoms with Gasteiger partial charge in [0.1, 0.15) is 5.82 Å². The third kappa shape index (κ3) is 4.27. The van der Waals surface area contributed by atoms with Gasteiger partial charge >= 0.3 is 0 Å². The van der Waals surface area contributed by atoms with Crippen LogP contribution in [0, 0.1) is 20.8 Å². The Kier molecular flexibility index (Phi) is 5.70. The molecule has 9 heteroatoms. The highest BCUT2D eigenvalue weighted by atomic mass is 16.5. The lowest BCUT2D eigenvalue weighted by molar-refractivity contribution is 0.122. The maximum atomic E-state index is 5.51. The van der Waals surface area contributed by atoms with Gasteiger partial charge in [0.05, 0.1) is 30.8 Å². The zero-order valence-corrected chi connectivity index (χ0v) is 19.0. The first-order chi connectivity index (χ1) is 16.1. The highest BCUT2D eigenvalue weighted by Crippen LogP contribution is 2.28. The zero-order chi connectivity index (χ0) is 22.8. The number of hydrazone groups is 1. The summed E-state index contributed by atoms with van der Waals surface area (Å²) in [6.07, 6.45) is 3.57. The third-order valence-electron chi connectivity index (χ3n) is 5.60. The quantitative estimate of drug-likeness (QED) is 0.374. The van der Waals surface area contributed by atoms with E-state index in [9.17, 15) is 0 Å². The van der Waals surface area contributed by atoms with Gasteiger partial charge in [-0.3, -0.25) is 15.0 Å². The van der Waals surface area contributed by atoms with Gasteiger partial charge in [0.2, 0.25) is 5.95 Å². The molecule has 0 bridgehead atoms. The van der Waals surface area contributed by atoms with Crippen molar-refractivity contribution >= 4 is 29.1 Å². The van der Waals surface area contributed by atoms with E-state index in [4.69, 9.17) is 19.7 Å². The van der Waals surface area contributed by atoms with Crippen molar-refractivity contribution in [2.45, 2.75) is 20.8 Å². The van der Waals surface area contributed by atoms with E-state index in [1.807, 2.05) is 42.7 Å². The number of anilines is 2. The Morgan fingerprint density at radius 3 is 2.67 bits per heavy atom. The van der Waals surface area contributed by atoms with Crippen LogP contribution in [0.1, 0.15) is 22.6 Å². The average Bonchev–Trinajstić information content (AvgIpc) is 3.16. The third-order valence-corrected chi connectivity index (χ3v) is 5.60. The van der Waals surface area contributed by atoms with Crippen LogP contribution in [0.5, 0.6) is 0 Å². The van der Waals surface area contributed by atoms with E-state index in [0.29, 0.717) is 36.1 Å². The zero-order valence-electron chi connectivity index (χ0n) is 19.0. The summed E-state index contributed by atoms with van der Waals surface area (Å²) in [5.74, 6) is 2.00. The predicted molar refractivity (Wildman–Crippen MR) is 129 cm³/mol. The van der Waals surface area contributed by atoms with Crippen LogP contribution in [0.2, 0.25) is 0 Å². The summed E-state index contributed by atoms with van der Waals surface area (Å²) in [4.78, 5) is 21.1. The summed E-state index contributed by atoms with van der Waals surface area (Å²) < 4.78 is 7.54. The monoisotopic (exact) mass is 442 g/mol. The number of fused-ring (bicyclic) bond motifs is 1. The molecular formula is C24H26N8O. The Labute approximate surface area is 192 Å². The molecular weight excluding hydrogens is 416 g/mol. The largest absolute Gasteiger partial charge is 0.378 e. The number of pyridine rings is 1. The van der Waals surface area contributed by atoms with Crippen LogP contribution in [0.15, 0.2) is 47.7 Å². The van der Waals surface area contributed by atoms with Crippen molar-refractivity contribution in [1.29, 1.82) is 0 Å². The van der Waals surface area contributed by atoms with Gasteiger partial charge in [-0.1, -0.05) is 29.8 Å². The van der Waals surface area contributed by atoms with Crippen molar-refractivity contribution in [3.05, 3.63) is 65.2 Å². The number of morpholine rings is 1. The molecule has 1 N–H and O–H groups in total. The maximum Gasteiger partial charge on any atom is 0.229 e. The van der Waals surface area contributed by atoms with Crippen molar-refractivity contribution in [2.75, 3.05) is 36.6 Å². The van der Waals surface area contributed by atoms with Crippen LogP contribution in [0.25, 0.3) is 16.9 Å². The number of nitrogens with zero attached hydrogens (tertiary/aromatic N) is 7. The Hall–Kier alpha value is -3.85. The lowest BCUT2D eigenvalue weighted by Crippen LogP contribution is -2.37. The van der Waals surface area contributed by atoms with E-state index >= 15 is 0 Å². The van der Waals surface area contributed by atoms with E-state index in [0.717, 1.165) is 35.9 Å². The molecule has 168 valence electrons. The number of ether oxygens (including phenoxy) is 1. The molecule has 5 rings (SSSR count). The summed E-state index contributed by atoms with van der Waals surface area (Å²) in [6, 6.07) is 12.1. The lowest BCUT2D eigenvalue weighted by atomic mass is 10.2. The molecule has 0 aliphatic carbocycles. The van der Waals surface area contributed by atoms with Gasteiger partial charge in [0.15, 0.2) is 17.0 Å². The Balaban J connectivity index is 1.61. The minimum atomic E-state index is 0.564. The first kappa shape index (κ1) is 21.0. The number of imidazole rings is 1. The first-order valence-corrected chi connectivity index (χ1v) is 11.0. The predicted octanol–water partition coefficient (Wildman–Crippen LogP) is 3.42. The van der Waals surface area contributed by atoms with E-state index in [1.165, 1.54) is 5.56 Å². The molecule has 0 saturated carbocycles. The molecule has 0 amide bonds. The van der Waals surface area contributed by atoms with E-state index in [2.05, 4.69) is 39.5 Å². The fourth-order valence-electron chi connectivity index (χ4n) is 3.96. The number of nitrogens with one attached hydrogen (secondary N) is 1. The second-order valence-corrected chi connectivity index (χ2v) is 8.03. The van der Waals surface area contributed by atoms with Gasteiger partial charge in [-0.05, 0) is 38.5 Å². The van der Waals surface area contributed by atoms with E-state index in [-0.39, 0.29) is 0 Å². The summed E-state index contributed by atoms with van der Waals surface area (Å²) in [7, 11) is 0. The number of aromatic nitrogens is 5. The summed E-state index contributed by atoms with van der Waals surface area (Å²) in [5.41, 5.74) is 8.52. The topological polar surface area (TPSA) is 93.4 Å². The molecule has 33 heavy (non-hydrogen) atoms. The van der Waals surface area contributed by atoms with Gasteiger partial charge in [-0.2, -0.15) is 15.1 Å². The molecule has 0 atom stereocenters. The second kappa shape index (κ2) is 8.95. The Morgan fingerprint density at radius 2 is 1.88 bits per heavy atom. The smallest absolute Gasteiger partial charge is 0.229 e. The highest BCUT2D eigenvalue weighted by molar-refractivity contribution is 5.87. The van der Waals surface area contributed by atoms with Gasteiger partial charge < -0.3 is 9.64 Å². The van der Waals surface area contributed by atoms with Gasteiger partial charge in [-0.15, -0.1) is 0 Å². The summed E-state index contributed by atoms with van der Waals surface area (Å²) >= 11 is 0. The van der Waals surface area contributed by atoms with E-state index < -0.39 is 0 Å². The standard InChI is InChI=1S/C24H26N8O/c1-16-6-4-7-19(14-16)15-26-30-22-21-23(29-24(28-22)31-10-12-33-13-11-31)32(18(3)27-21)20-8-5-9-25-17(20)2/h4-9,14-15H,10-13H2,1-3H3,(H,28,29,30)/b26-15+.